The first-order valence-corrected chi connectivity index (χ1v) is 11.0. The summed E-state index contributed by atoms with van der Waals surface area (Å²) in [4.78, 5) is 0. The van der Waals surface area contributed by atoms with Crippen LogP contribution in [0.25, 0.3) is 21.5 Å². The molecule has 4 heteroatoms. The maximum Gasteiger partial charge on any atom is 0.135 e. The number of rotatable bonds is 8. The van der Waals surface area contributed by atoms with Crippen molar-refractivity contribution >= 4 is 21.5 Å². The second-order valence-electron chi connectivity index (χ2n) is 9.02. The summed E-state index contributed by atoms with van der Waals surface area (Å²) in [7, 11) is 0. The molecule has 0 saturated carbocycles. The fraction of sp³-hybridized carbons (Fsp3) is 0.462. The molecule has 0 atom stereocenters. The molecule has 2 heterocycles. The fourth-order valence-electron chi connectivity index (χ4n) is 4.37. The lowest BCUT2D eigenvalue weighted by Crippen LogP contribution is -2.46. The summed E-state index contributed by atoms with van der Waals surface area (Å²) in [5, 5.41) is 4.42. The van der Waals surface area contributed by atoms with Gasteiger partial charge in [0.2, 0.25) is 0 Å². The van der Waals surface area contributed by atoms with Gasteiger partial charge in [0.05, 0.1) is 50.5 Å². The van der Waals surface area contributed by atoms with Crippen LogP contribution in [-0.2, 0) is 9.47 Å². The van der Waals surface area contributed by atoms with E-state index in [1.165, 1.54) is 0 Å². The molecule has 0 N–H and O–H groups in total. The average molecular weight is 407 g/mol. The molecule has 5 rings (SSSR count). The van der Waals surface area contributed by atoms with Crippen LogP contribution in [0.3, 0.4) is 0 Å². The summed E-state index contributed by atoms with van der Waals surface area (Å²) in [6.07, 6.45) is 2.12. The molecular weight excluding hydrogens is 376 g/mol. The first-order chi connectivity index (χ1) is 14.7. The molecule has 0 aromatic heterocycles. The van der Waals surface area contributed by atoms with Gasteiger partial charge in [0.25, 0.3) is 0 Å². The summed E-state index contributed by atoms with van der Waals surface area (Å²) in [6, 6.07) is 16.9. The van der Waals surface area contributed by atoms with Gasteiger partial charge in [0, 0.05) is 21.5 Å². The summed E-state index contributed by atoms with van der Waals surface area (Å²) in [5.41, 5.74) is 0.268. The predicted octanol–water partition coefficient (Wildman–Crippen LogP) is 5.60. The molecule has 2 saturated heterocycles. The molecule has 2 aliphatic rings. The Morgan fingerprint density at radius 3 is 1.20 bits per heavy atom. The van der Waals surface area contributed by atoms with Crippen LogP contribution in [0.15, 0.2) is 48.5 Å². The van der Waals surface area contributed by atoms with Gasteiger partial charge in [-0.1, -0.05) is 62.4 Å². The summed E-state index contributed by atoms with van der Waals surface area (Å²) >= 11 is 0. The maximum atomic E-state index is 6.53. The van der Waals surface area contributed by atoms with Crippen molar-refractivity contribution < 1.29 is 18.9 Å². The van der Waals surface area contributed by atoms with Crippen LogP contribution >= 0.6 is 0 Å². The van der Waals surface area contributed by atoms with E-state index in [1.54, 1.807) is 0 Å². The molecule has 30 heavy (non-hydrogen) atoms. The molecule has 3 aromatic carbocycles. The number of ether oxygens (including phenoxy) is 4. The van der Waals surface area contributed by atoms with Gasteiger partial charge in [0.15, 0.2) is 0 Å². The van der Waals surface area contributed by atoms with E-state index in [4.69, 9.17) is 18.9 Å². The Morgan fingerprint density at radius 1 is 0.633 bits per heavy atom. The maximum absolute atomic E-state index is 6.53. The predicted molar refractivity (Wildman–Crippen MR) is 120 cm³/mol. The third-order valence-corrected chi connectivity index (χ3v) is 7.01. The highest BCUT2D eigenvalue weighted by atomic mass is 16.5. The number of benzene rings is 3. The Hall–Kier alpha value is -2.30. The zero-order valence-corrected chi connectivity index (χ0v) is 17.9. The van der Waals surface area contributed by atoms with Crippen LogP contribution in [0.1, 0.15) is 26.7 Å². The van der Waals surface area contributed by atoms with E-state index in [0.29, 0.717) is 13.2 Å². The highest BCUT2D eigenvalue weighted by Gasteiger charge is 2.39. The number of fused-ring (bicyclic) bond motifs is 2. The number of hydrogen-bond donors (Lipinski definition) is 0. The SMILES string of the molecule is CCC1(COc2c3ccccc3c(OCC3(CC)COC3)c3ccccc23)COC1. The molecule has 0 spiro atoms. The van der Waals surface area contributed by atoms with E-state index in [1.807, 2.05) is 0 Å². The van der Waals surface area contributed by atoms with Gasteiger partial charge in [-0.05, 0) is 12.8 Å². The van der Waals surface area contributed by atoms with Gasteiger partial charge >= 0.3 is 0 Å². The summed E-state index contributed by atoms with van der Waals surface area (Å²) in [6.45, 7) is 8.90. The van der Waals surface area contributed by atoms with E-state index >= 15 is 0 Å². The van der Waals surface area contributed by atoms with Crippen molar-refractivity contribution in [2.24, 2.45) is 10.8 Å². The van der Waals surface area contributed by atoms with Gasteiger partial charge in [-0.2, -0.15) is 0 Å². The van der Waals surface area contributed by atoms with Crippen LogP contribution < -0.4 is 9.47 Å². The third kappa shape index (κ3) is 3.23. The van der Waals surface area contributed by atoms with Crippen LogP contribution in [0.5, 0.6) is 11.5 Å². The Balaban J connectivity index is 1.57. The van der Waals surface area contributed by atoms with Gasteiger partial charge in [0.1, 0.15) is 11.5 Å². The van der Waals surface area contributed by atoms with E-state index in [2.05, 4.69) is 62.4 Å². The van der Waals surface area contributed by atoms with Gasteiger partial charge in [-0.25, -0.2) is 0 Å². The first-order valence-electron chi connectivity index (χ1n) is 11.0. The molecule has 2 fully saturated rings. The molecule has 0 radical (unpaired) electrons. The lowest BCUT2D eigenvalue weighted by Gasteiger charge is -2.41. The van der Waals surface area contributed by atoms with Crippen LogP contribution in [0, 0.1) is 10.8 Å². The molecule has 3 aromatic rings. The van der Waals surface area contributed by atoms with E-state index in [0.717, 1.165) is 72.3 Å². The molecular formula is C26H30O4. The Kier molecular flexibility index (Phi) is 5.08. The van der Waals surface area contributed by atoms with Crippen LogP contribution in [-0.4, -0.2) is 39.6 Å². The minimum absolute atomic E-state index is 0.134. The van der Waals surface area contributed by atoms with Crippen molar-refractivity contribution in [1.29, 1.82) is 0 Å². The van der Waals surface area contributed by atoms with Gasteiger partial charge < -0.3 is 18.9 Å². The largest absolute Gasteiger partial charge is 0.492 e. The Morgan fingerprint density at radius 2 is 0.967 bits per heavy atom. The molecule has 2 aliphatic heterocycles. The molecule has 4 nitrogen and oxygen atoms in total. The summed E-state index contributed by atoms with van der Waals surface area (Å²) in [5.74, 6) is 1.90. The molecule has 0 unspecified atom stereocenters. The highest BCUT2D eigenvalue weighted by molar-refractivity contribution is 6.11. The summed E-state index contributed by atoms with van der Waals surface area (Å²) < 4.78 is 24.0. The highest BCUT2D eigenvalue weighted by Crippen LogP contribution is 2.44. The van der Waals surface area contributed by atoms with Gasteiger partial charge in [-0.15, -0.1) is 0 Å². The standard InChI is InChI=1S/C26H30O4/c1-3-25(13-27-14-25)17-29-23-19-9-5-7-11-21(19)24(22-12-8-6-10-20(22)23)30-18-26(4-2)15-28-16-26/h5-12H,3-4,13-18H2,1-2H3. The molecule has 0 amide bonds. The van der Waals surface area contributed by atoms with Crippen molar-refractivity contribution in [3.63, 3.8) is 0 Å². The van der Waals surface area contributed by atoms with Crippen molar-refractivity contribution in [3.05, 3.63) is 48.5 Å². The third-order valence-electron chi connectivity index (χ3n) is 7.01. The Bertz CT molecular complexity index is 897. The van der Waals surface area contributed by atoms with Crippen molar-refractivity contribution in [2.45, 2.75) is 26.7 Å². The van der Waals surface area contributed by atoms with Crippen molar-refractivity contribution in [1.82, 2.24) is 0 Å². The molecule has 158 valence electrons. The average Bonchev–Trinajstić information content (AvgIpc) is 2.73. The topological polar surface area (TPSA) is 36.9 Å². The van der Waals surface area contributed by atoms with E-state index < -0.39 is 0 Å². The van der Waals surface area contributed by atoms with Crippen LogP contribution in [0.4, 0.5) is 0 Å². The van der Waals surface area contributed by atoms with Gasteiger partial charge in [-0.3, -0.25) is 0 Å². The zero-order chi connectivity index (χ0) is 20.6. The molecule has 0 aliphatic carbocycles. The monoisotopic (exact) mass is 406 g/mol. The lowest BCUT2D eigenvalue weighted by molar-refractivity contribution is -0.133. The minimum Gasteiger partial charge on any atom is -0.492 e. The lowest BCUT2D eigenvalue weighted by atomic mass is 9.84. The smallest absolute Gasteiger partial charge is 0.135 e. The second-order valence-corrected chi connectivity index (χ2v) is 9.02. The van der Waals surface area contributed by atoms with Crippen LogP contribution in [0.2, 0.25) is 0 Å². The van der Waals surface area contributed by atoms with Crippen molar-refractivity contribution in [3.8, 4) is 11.5 Å². The fourth-order valence-corrected chi connectivity index (χ4v) is 4.37. The van der Waals surface area contributed by atoms with Crippen molar-refractivity contribution in [2.75, 3.05) is 39.6 Å². The van der Waals surface area contributed by atoms with E-state index in [9.17, 15) is 0 Å². The normalized spacial score (nSPS) is 19.3. The van der Waals surface area contributed by atoms with E-state index in [-0.39, 0.29) is 10.8 Å². The minimum atomic E-state index is 0.134. The Labute approximate surface area is 178 Å². The molecule has 0 bridgehead atoms. The number of hydrogen-bond acceptors (Lipinski definition) is 4. The second kappa shape index (κ2) is 7.75. The quantitative estimate of drug-likeness (QED) is 0.456. The first kappa shape index (κ1) is 19.7. The zero-order valence-electron chi connectivity index (χ0n) is 17.9.